The van der Waals surface area contributed by atoms with Crippen LogP contribution in [0.4, 0.5) is 0 Å². The molecule has 0 radical (unpaired) electrons. The van der Waals surface area contributed by atoms with E-state index in [0.29, 0.717) is 5.92 Å². The molecular weight excluding hydrogens is 548 g/mol. The van der Waals surface area contributed by atoms with Crippen LogP contribution in [0.25, 0.3) is 0 Å². The van der Waals surface area contributed by atoms with E-state index in [9.17, 15) is 0 Å². The van der Waals surface area contributed by atoms with Gasteiger partial charge in [0.25, 0.3) is 0 Å². The van der Waals surface area contributed by atoms with Crippen LogP contribution >= 0.6 is 45.5 Å². The SMILES string of the molecule is CC(C)c1ccc(I)n(I)[c]1=[W]. The summed E-state index contributed by atoms with van der Waals surface area (Å²) >= 11 is 6.26. The van der Waals surface area contributed by atoms with E-state index in [1.165, 1.54) is 12.9 Å². The predicted molar refractivity (Wildman–Crippen MR) is 63.9 cm³/mol. The van der Waals surface area contributed by atoms with Gasteiger partial charge in [0, 0.05) is 0 Å². The quantitative estimate of drug-likeness (QED) is 0.369. The Bertz CT molecular complexity index is 343. The topological polar surface area (TPSA) is 4.93 Å². The van der Waals surface area contributed by atoms with Crippen molar-refractivity contribution in [3.8, 4) is 0 Å². The molecule has 0 fully saturated rings. The van der Waals surface area contributed by atoms with Gasteiger partial charge in [-0.05, 0) is 0 Å². The van der Waals surface area contributed by atoms with Crippen LogP contribution in [-0.4, -0.2) is 2.78 Å². The van der Waals surface area contributed by atoms with E-state index in [0.717, 1.165) is 0 Å². The van der Waals surface area contributed by atoms with Crippen LogP contribution in [0, 0.1) is 7.37 Å². The van der Waals surface area contributed by atoms with E-state index in [2.05, 4.69) is 74.2 Å². The van der Waals surface area contributed by atoms with Gasteiger partial charge in [0.2, 0.25) is 0 Å². The Morgan fingerprint density at radius 2 is 2.00 bits per heavy atom. The summed E-state index contributed by atoms with van der Waals surface area (Å²) in [7, 11) is 0. The number of aromatic nitrogens is 1. The fourth-order valence-electron chi connectivity index (χ4n) is 0.945. The number of hydrogen-bond donors (Lipinski definition) is 0. The van der Waals surface area contributed by atoms with Gasteiger partial charge in [0.15, 0.2) is 0 Å². The third kappa shape index (κ3) is 2.41. The molecule has 0 amide bonds. The van der Waals surface area contributed by atoms with Gasteiger partial charge in [-0.15, -0.1) is 0 Å². The number of hydrogen-bond acceptors (Lipinski definition) is 0. The molecular formula is C8H9I2NW. The summed E-state index contributed by atoms with van der Waals surface area (Å²) in [5.41, 5.74) is 1.47. The zero-order chi connectivity index (χ0) is 9.30. The van der Waals surface area contributed by atoms with Crippen LogP contribution in [-0.2, 0) is 19.4 Å². The summed E-state index contributed by atoms with van der Waals surface area (Å²) in [5, 5.41) is 0. The summed E-state index contributed by atoms with van der Waals surface area (Å²) in [6.07, 6.45) is 0. The molecule has 0 unspecified atom stereocenters. The van der Waals surface area contributed by atoms with Crippen molar-refractivity contribution >= 4 is 45.5 Å². The predicted octanol–water partition coefficient (Wildman–Crippen LogP) is 3.49. The van der Waals surface area contributed by atoms with Gasteiger partial charge in [0.05, 0.1) is 0 Å². The Hall–Kier alpha value is 1.30. The Morgan fingerprint density at radius 1 is 1.42 bits per heavy atom. The second-order valence-electron chi connectivity index (χ2n) is 2.85. The molecule has 12 heavy (non-hydrogen) atoms. The molecule has 0 saturated heterocycles. The molecule has 0 saturated carbocycles. The third-order valence-corrected chi connectivity index (χ3v) is 7.20. The molecule has 1 aromatic heterocycles. The summed E-state index contributed by atoms with van der Waals surface area (Å²) in [6.45, 7) is 4.48. The summed E-state index contributed by atoms with van der Waals surface area (Å²) < 4.78 is 4.98. The van der Waals surface area contributed by atoms with Crippen molar-refractivity contribution in [1.82, 2.24) is 2.78 Å². The molecule has 0 spiro atoms. The average molecular weight is 557 g/mol. The minimum absolute atomic E-state index is 0.635. The van der Waals surface area contributed by atoms with E-state index in [-0.39, 0.29) is 0 Å². The van der Waals surface area contributed by atoms with Crippen molar-refractivity contribution in [1.29, 1.82) is 0 Å². The van der Waals surface area contributed by atoms with E-state index < -0.39 is 0 Å². The van der Waals surface area contributed by atoms with Crippen molar-refractivity contribution in [2.24, 2.45) is 0 Å². The number of rotatable bonds is 1. The van der Waals surface area contributed by atoms with Crippen LogP contribution in [0.1, 0.15) is 25.3 Å². The van der Waals surface area contributed by atoms with Gasteiger partial charge in [-0.2, -0.15) is 0 Å². The molecule has 0 atom stereocenters. The maximum atomic E-state index is 2.36. The molecule has 1 aromatic rings. The van der Waals surface area contributed by atoms with Crippen LogP contribution in [0.5, 0.6) is 0 Å². The van der Waals surface area contributed by atoms with Gasteiger partial charge in [-0.1, -0.05) is 0 Å². The fraction of sp³-hybridized carbons (Fsp3) is 0.375. The van der Waals surface area contributed by atoms with Crippen molar-refractivity contribution in [2.45, 2.75) is 19.8 Å². The monoisotopic (exact) mass is 557 g/mol. The Balaban J connectivity index is 3.37. The summed E-state index contributed by atoms with van der Waals surface area (Å²) in [4.78, 5) is 0. The summed E-state index contributed by atoms with van der Waals surface area (Å²) in [6, 6.07) is 4.42. The molecule has 0 aliphatic rings. The van der Waals surface area contributed by atoms with E-state index in [1.807, 2.05) is 0 Å². The first kappa shape index (κ1) is 11.4. The Kier molecular flexibility index (Phi) is 4.44. The van der Waals surface area contributed by atoms with E-state index in [4.69, 9.17) is 0 Å². The standard InChI is InChI=1S/C8H9I2N.W/c1-6(2)7-3-4-8(9)11(10)5-7;/h3-4,6H,1-2H3;. The second-order valence-corrected chi connectivity index (χ2v) is 6.31. The number of nitrogens with zero attached hydrogens (tertiary/aromatic N) is 1. The van der Waals surface area contributed by atoms with Crippen molar-refractivity contribution in [3.63, 3.8) is 0 Å². The minimum atomic E-state index is 0.635. The number of pyridine rings is 1. The first-order chi connectivity index (χ1) is 5.54. The first-order valence-corrected chi connectivity index (χ1v) is 7.12. The Labute approximate surface area is 111 Å². The molecule has 0 bridgehead atoms. The van der Waals surface area contributed by atoms with E-state index in [1.54, 1.807) is 19.4 Å². The summed E-state index contributed by atoms with van der Waals surface area (Å²) in [5.74, 6) is 0.635. The van der Waals surface area contributed by atoms with Gasteiger partial charge in [-0.25, -0.2) is 0 Å². The maximum absolute atomic E-state index is 2.36. The molecule has 0 aliphatic heterocycles. The number of halogens is 2. The Morgan fingerprint density at radius 3 is 2.50 bits per heavy atom. The van der Waals surface area contributed by atoms with Crippen LogP contribution in [0.3, 0.4) is 0 Å². The first-order valence-electron chi connectivity index (χ1n) is 3.61. The molecule has 66 valence electrons. The van der Waals surface area contributed by atoms with Crippen molar-refractivity contribution < 1.29 is 19.4 Å². The van der Waals surface area contributed by atoms with Crippen LogP contribution < -0.4 is 0 Å². The van der Waals surface area contributed by atoms with Crippen molar-refractivity contribution in [3.05, 3.63) is 25.1 Å². The molecule has 1 rings (SSSR count). The van der Waals surface area contributed by atoms with Gasteiger partial charge in [0.1, 0.15) is 0 Å². The zero-order valence-corrected chi connectivity index (χ0v) is 14.1. The molecule has 4 heteroatoms. The van der Waals surface area contributed by atoms with E-state index >= 15 is 0 Å². The van der Waals surface area contributed by atoms with Gasteiger partial charge < -0.3 is 0 Å². The van der Waals surface area contributed by atoms with Gasteiger partial charge in [-0.3, -0.25) is 0 Å². The molecule has 0 aromatic carbocycles. The third-order valence-electron chi connectivity index (χ3n) is 1.64. The average Bonchev–Trinajstić information content (AvgIpc) is 2.00. The zero-order valence-electron chi connectivity index (χ0n) is 6.84. The fourth-order valence-corrected chi connectivity index (χ4v) is 3.90. The second kappa shape index (κ2) is 4.69. The van der Waals surface area contributed by atoms with Gasteiger partial charge >= 0.3 is 112 Å². The molecule has 1 heterocycles. The van der Waals surface area contributed by atoms with Crippen molar-refractivity contribution in [2.75, 3.05) is 0 Å². The molecule has 0 aliphatic carbocycles. The van der Waals surface area contributed by atoms with Crippen LogP contribution in [0.2, 0.25) is 0 Å². The normalized spacial score (nSPS) is 10.8. The molecule has 1 nitrogen and oxygen atoms in total. The molecule has 0 N–H and O–H groups in total. The van der Waals surface area contributed by atoms with Crippen LogP contribution in [0.15, 0.2) is 12.1 Å².